The molecule has 7 heteroatoms. The molecule has 3 heterocycles. The minimum absolute atomic E-state index is 0.242. The summed E-state index contributed by atoms with van der Waals surface area (Å²) in [6.07, 6.45) is 1.39. The van der Waals surface area contributed by atoms with Crippen LogP contribution in [0, 0.1) is 19.7 Å². The fraction of sp³-hybridized carbons (Fsp3) is 0.0909. The summed E-state index contributed by atoms with van der Waals surface area (Å²) in [5, 5.41) is 4.96. The van der Waals surface area contributed by atoms with Crippen LogP contribution >= 0.6 is 0 Å². The van der Waals surface area contributed by atoms with Gasteiger partial charge in [-0.15, -0.1) is 0 Å². The van der Waals surface area contributed by atoms with Crippen LogP contribution in [0.15, 0.2) is 54.7 Å². The van der Waals surface area contributed by atoms with Crippen LogP contribution in [0.5, 0.6) is 0 Å². The van der Waals surface area contributed by atoms with Gasteiger partial charge in [0, 0.05) is 6.20 Å². The van der Waals surface area contributed by atoms with Gasteiger partial charge in [-0.05, 0) is 49.7 Å². The number of halogens is 1. The topological polar surface area (TPSA) is 68.1 Å². The van der Waals surface area contributed by atoms with Crippen molar-refractivity contribution in [1.82, 2.24) is 14.8 Å². The Morgan fingerprint density at radius 1 is 0.931 bits per heavy atom. The van der Waals surface area contributed by atoms with Crippen molar-refractivity contribution in [2.45, 2.75) is 13.8 Å². The number of carbonyl (C=O) groups excluding carboxylic acids is 2. The number of benzene rings is 2. The molecule has 2 amide bonds. The van der Waals surface area contributed by atoms with Gasteiger partial charge < -0.3 is 0 Å². The van der Waals surface area contributed by atoms with Crippen molar-refractivity contribution in [3.63, 3.8) is 0 Å². The van der Waals surface area contributed by atoms with Crippen LogP contribution in [-0.4, -0.2) is 26.6 Å². The maximum atomic E-state index is 13.7. The standard InChI is InChI=1S/C22H15FN4O2/c1-12-5-3-7-15(9-12)26-21(28)17-11-24-20-18(19(17)22(26)29)13(2)25-27(20)16-8-4-6-14(23)10-16/h3-11H,1-2H3. The fourth-order valence-electron chi connectivity index (χ4n) is 3.75. The van der Waals surface area contributed by atoms with Crippen molar-refractivity contribution in [2.75, 3.05) is 4.90 Å². The van der Waals surface area contributed by atoms with Gasteiger partial charge in [0.15, 0.2) is 5.65 Å². The highest BCUT2D eigenvalue weighted by Gasteiger charge is 2.40. The van der Waals surface area contributed by atoms with E-state index in [4.69, 9.17) is 0 Å². The van der Waals surface area contributed by atoms with Crippen molar-refractivity contribution in [1.29, 1.82) is 0 Å². The van der Waals surface area contributed by atoms with E-state index in [-0.39, 0.29) is 11.1 Å². The van der Waals surface area contributed by atoms with Gasteiger partial charge >= 0.3 is 0 Å². The van der Waals surface area contributed by atoms with Gasteiger partial charge in [-0.2, -0.15) is 5.10 Å². The predicted molar refractivity (Wildman–Crippen MR) is 106 cm³/mol. The lowest BCUT2D eigenvalue weighted by molar-refractivity contribution is 0.0926. The van der Waals surface area contributed by atoms with Gasteiger partial charge in [0.25, 0.3) is 11.8 Å². The monoisotopic (exact) mass is 386 g/mol. The highest BCUT2D eigenvalue weighted by atomic mass is 19.1. The molecule has 0 bridgehead atoms. The second-order valence-corrected chi connectivity index (χ2v) is 7.01. The zero-order valence-electron chi connectivity index (χ0n) is 15.7. The number of carbonyl (C=O) groups is 2. The van der Waals surface area contributed by atoms with E-state index in [0.29, 0.717) is 28.1 Å². The number of anilines is 1. The minimum atomic E-state index is -0.414. The van der Waals surface area contributed by atoms with E-state index >= 15 is 0 Å². The van der Waals surface area contributed by atoms with Crippen molar-refractivity contribution in [3.8, 4) is 5.69 Å². The van der Waals surface area contributed by atoms with E-state index in [9.17, 15) is 14.0 Å². The quantitative estimate of drug-likeness (QED) is 0.489. The second kappa shape index (κ2) is 6.07. The molecule has 0 atom stereocenters. The number of fused-ring (bicyclic) bond motifs is 3. The lowest BCUT2D eigenvalue weighted by atomic mass is 10.1. The SMILES string of the molecule is Cc1cccc(N2C(=O)c3cnc4c(c(C)nn4-c4cccc(F)c4)c3C2=O)c1. The fourth-order valence-corrected chi connectivity index (χ4v) is 3.75. The largest absolute Gasteiger partial charge is 0.268 e. The van der Waals surface area contributed by atoms with Crippen LogP contribution in [0.25, 0.3) is 16.7 Å². The molecule has 0 unspecified atom stereocenters. The Balaban J connectivity index is 1.73. The molecule has 142 valence electrons. The van der Waals surface area contributed by atoms with Gasteiger partial charge in [0.05, 0.1) is 33.6 Å². The Kier molecular flexibility index (Phi) is 3.61. The number of hydrogen-bond donors (Lipinski definition) is 0. The summed E-state index contributed by atoms with van der Waals surface area (Å²) < 4.78 is 15.2. The van der Waals surface area contributed by atoms with Crippen LogP contribution in [0.4, 0.5) is 10.1 Å². The van der Waals surface area contributed by atoms with Crippen LogP contribution < -0.4 is 4.90 Å². The molecule has 5 rings (SSSR count). The first-order valence-corrected chi connectivity index (χ1v) is 9.05. The molecule has 0 saturated heterocycles. The van der Waals surface area contributed by atoms with E-state index in [0.717, 1.165) is 10.5 Å². The summed E-state index contributed by atoms with van der Waals surface area (Å²) >= 11 is 0. The molecule has 4 aromatic rings. The summed E-state index contributed by atoms with van der Waals surface area (Å²) in [6.45, 7) is 3.64. The van der Waals surface area contributed by atoms with Gasteiger partial charge in [-0.3, -0.25) is 9.59 Å². The predicted octanol–water partition coefficient (Wildman–Crippen LogP) is 3.98. The summed E-state index contributed by atoms with van der Waals surface area (Å²) in [5.41, 5.74) is 3.41. The molecule has 2 aromatic carbocycles. The average molecular weight is 386 g/mol. The summed E-state index contributed by atoms with van der Waals surface area (Å²) in [6, 6.07) is 13.2. The molecule has 2 aromatic heterocycles. The zero-order valence-corrected chi connectivity index (χ0v) is 15.7. The van der Waals surface area contributed by atoms with E-state index < -0.39 is 17.6 Å². The first-order valence-electron chi connectivity index (χ1n) is 9.05. The molecule has 0 aliphatic carbocycles. The molecule has 1 aliphatic rings. The molecule has 0 fully saturated rings. The highest BCUT2D eigenvalue weighted by molar-refractivity contribution is 6.37. The summed E-state index contributed by atoms with van der Waals surface area (Å²) in [5.74, 6) is -1.23. The van der Waals surface area contributed by atoms with Gasteiger partial charge in [-0.25, -0.2) is 19.0 Å². The van der Waals surface area contributed by atoms with Crippen molar-refractivity contribution < 1.29 is 14.0 Å². The van der Waals surface area contributed by atoms with Gasteiger partial charge in [-0.1, -0.05) is 18.2 Å². The maximum absolute atomic E-state index is 13.7. The minimum Gasteiger partial charge on any atom is -0.268 e. The van der Waals surface area contributed by atoms with Crippen molar-refractivity contribution >= 4 is 28.5 Å². The molecule has 0 radical (unpaired) electrons. The number of rotatable bonds is 2. The molecule has 1 aliphatic heterocycles. The molecular formula is C22H15FN4O2. The Morgan fingerprint density at radius 3 is 2.45 bits per heavy atom. The Hall–Kier alpha value is -3.87. The Morgan fingerprint density at radius 2 is 1.69 bits per heavy atom. The van der Waals surface area contributed by atoms with Crippen molar-refractivity contribution in [3.05, 3.63) is 82.9 Å². The third-order valence-electron chi connectivity index (χ3n) is 5.03. The number of nitrogens with zero attached hydrogens (tertiary/aromatic N) is 4. The lowest BCUT2D eigenvalue weighted by Gasteiger charge is -2.14. The van der Waals surface area contributed by atoms with Crippen LogP contribution in [0.2, 0.25) is 0 Å². The Bertz CT molecular complexity index is 1340. The van der Waals surface area contributed by atoms with Crippen LogP contribution in [-0.2, 0) is 0 Å². The number of imide groups is 1. The van der Waals surface area contributed by atoms with E-state index in [1.165, 1.54) is 23.0 Å². The van der Waals surface area contributed by atoms with E-state index in [1.807, 2.05) is 13.0 Å². The smallest absolute Gasteiger partial charge is 0.267 e. The third-order valence-corrected chi connectivity index (χ3v) is 5.03. The molecule has 0 N–H and O–H groups in total. The van der Waals surface area contributed by atoms with E-state index in [1.54, 1.807) is 37.3 Å². The number of aromatic nitrogens is 3. The molecule has 6 nitrogen and oxygen atoms in total. The number of aryl methyl sites for hydroxylation is 2. The average Bonchev–Trinajstić information content (AvgIpc) is 3.16. The first-order chi connectivity index (χ1) is 14.0. The summed E-state index contributed by atoms with van der Waals surface area (Å²) in [7, 11) is 0. The second-order valence-electron chi connectivity index (χ2n) is 7.01. The van der Waals surface area contributed by atoms with E-state index in [2.05, 4.69) is 10.1 Å². The van der Waals surface area contributed by atoms with Crippen LogP contribution in [0.3, 0.4) is 0 Å². The number of pyridine rings is 1. The number of hydrogen-bond acceptors (Lipinski definition) is 4. The molecule has 0 saturated carbocycles. The maximum Gasteiger partial charge on any atom is 0.267 e. The Labute approximate surface area is 165 Å². The normalized spacial score (nSPS) is 13.4. The summed E-state index contributed by atoms with van der Waals surface area (Å²) in [4.78, 5) is 31.8. The lowest BCUT2D eigenvalue weighted by Crippen LogP contribution is -2.29. The molecule has 29 heavy (non-hydrogen) atoms. The first kappa shape index (κ1) is 17.2. The zero-order chi connectivity index (χ0) is 20.3. The van der Waals surface area contributed by atoms with Gasteiger partial charge in [0.2, 0.25) is 0 Å². The van der Waals surface area contributed by atoms with Crippen LogP contribution in [0.1, 0.15) is 32.0 Å². The van der Waals surface area contributed by atoms with Gasteiger partial charge in [0.1, 0.15) is 5.82 Å². The number of amides is 2. The third kappa shape index (κ3) is 2.47. The van der Waals surface area contributed by atoms with Crippen molar-refractivity contribution in [2.24, 2.45) is 0 Å². The highest BCUT2D eigenvalue weighted by Crippen LogP contribution is 2.34. The molecule has 0 spiro atoms. The molecular weight excluding hydrogens is 371 g/mol.